The molecule has 0 aliphatic carbocycles. The molecule has 0 bridgehead atoms. The Morgan fingerprint density at radius 3 is 2.72 bits per heavy atom. The van der Waals surface area contributed by atoms with Crippen LogP contribution in [0.2, 0.25) is 5.02 Å². The highest BCUT2D eigenvalue weighted by atomic mass is 35.5. The molecule has 1 aliphatic heterocycles. The summed E-state index contributed by atoms with van der Waals surface area (Å²) in [5, 5.41) is 0.766. The third-order valence-electron chi connectivity index (χ3n) is 3.48. The minimum absolute atomic E-state index is 0.409. The summed E-state index contributed by atoms with van der Waals surface area (Å²) in [4.78, 5) is 2.36. The molecule has 1 fully saturated rings. The van der Waals surface area contributed by atoms with Crippen LogP contribution < -0.4 is 10.6 Å². The maximum Gasteiger partial charge on any atom is 0.0608 e. The zero-order valence-electron chi connectivity index (χ0n) is 10.9. The molecule has 2 N–H and O–H groups in total. The number of rotatable bonds is 4. The van der Waals surface area contributed by atoms with Gasteiger partial charge in [-0.05, 0) is 31.9 Å². The predicted molar refractivity (Wildman–Crippen MR) is 76.2 cm³/mol. The van der Waals surface area contributed by atoms with Gasteiger partial charge in [-0.15, -0.1) is 0 Å². The lowest BCUT2D eigenvalue weighted by Crippen LogP contribution is -2.37. The normalized spacial score (nSPS) is 17.2. The molecule has 1 aromatic rings. The van der Waals surface area contributed by atoms with Crippen LogP contribution in [0.15, 0.2) is 18.2 Å². The molecule has 100 valence electrons. The van der Waals surface area contributed by atoms with Crippen molar-refractivity contribution in [1.29, 1.82) is 0 Å². The van der Waals surface area contributed by atoms with Crippen LogP contribution in [0.1, 0.15) is 25.3 Å². The molecule has 1 aromatic carbocycles. The number of hydrogen-bond donors (Lipinski definition) is 1. The second-order valence-corrected chi connectivity index (χ2v) is 4.99. The van der Waals surface area contributed by atoms with Crippen LogP contribution in [0.4, 0.5) is 5.69 Å². The molecule has 1 heterocycles. The van der Waals surface area contributed by atoms with E-state index in [0.717, 1.165) is 43.1 Å². The molecule has 3 nitrogen and oxygen atoms in total. The summed E-state index contributed by atoms with van der Waals surface area (Å²) >= 11 is 6.20. The van der Waals surface area contributed by atoms with Crippen LogP contribution in [0.5, 0.6) is 0 Å². The molecule has 0 amide bonds. The Labute approximate surface area is 114 Å². The Kier molecular flexibility index (Phi) is 4.87. The van der Waals surface area contributed by atoms with Gasteiger partial charge in [-0.3, -0.25) is 0 Å². The smallest absolute Gasteiger partial charge is 0.0608 e. The van der Waals surface area contributed by atoms with Crippen LogP contribution >= 0.6 is 11.6 Å². The quantitative estimate of drug-likeness (QED) is 0.913. The average molecular weight is 269 g/mol. The van der Waals surface area contributed by atoms with Gasteiger partial charge in [0.15, 0.2) is 0 Å². The van der Waals surface area contributed by atoms with Gasteiger partial charge in [-0.25, -0.2) is 0 Å². The van der Waals surface area contributed by atoms with E-state index in [4.69, 9.17) is 22.1 Å². The van der Waals surface area contributed by atoms with E-state index < -0.39 is 0 Å². The second kappa shape index (κ2) is 6.41. The maximum atomic E-state index is 6.20. The number of nitrogens with two attached hydrogens (primary N) is 1. The van der Waals surface area contributed by atoms with Gasteiger partial charge >= 0.3 is 0 Å². The van der Waals surface area contributed by atoms with Gasteiger partial charge in [0.05, 0.1) is 6.10 Å². The minimum atomic E-state index is 0.409. The van der Waals surface area contributed by atoms with E-state index in [0.29, 0.717) is 12.6 Å². The second-order valence-electron chi connectivity index (χ2n) is 4.58. The van der Waals surface area contributed by atoms with Crippen molar-refractivity contribution >= 4 is 17.3 Å². The van der Waals surface area contributed by atoms with Gasteiger partial charge in [0.25, 0.3) is 0 Å². The molecule has 1 saturated heterocycles. The molecule has 1 aliphatic rings. The van der Waals surface area contributed by atoms with Crippen molar-refractivity contribution in [1.82, 2.24) is 0 Å². The summed E-state index contributed by atoms with van der Waals surface area (Å²) in [6.45, 7) is 5.36. The van der Waals surface area contributed by atoms with Crippen LogP contribution in [0.3, 0.4) is 0 Å². The Hall–Kier alpha value is -0.770. The van der Waals surface area contributed by atoms with E-state index in [-0.39, 0.29) is 0 Å². The van der Waals surface area contributed by atoms with Crippen molar-refractivity contribution in [3.8, 4) is 0 Å². The Balaban J connectivity index is 2.07. The lowest BCUT2D eigenvalue weighted by Gasteiger charge is -2.34. The molecule has 18 heavy (non-hydrogen) atoms. The molecule has 4 heteroatoms. The molecular weight excluding hydrogens is 248 g/mol. The molecular formula is C14H21ClN2O. The maximum absolute atomic E-state index is 6.20. The topological polar surface area (TPSA) is 38.5 Å². The van der Waals surface area contributed by atoms with E-state index in [1.165, 1.54) is 5.69 Å². The molecule has 0 aromatic heterocycles. The van der Waals surface area contributed by atoms with Crippen LogP contribution in [-0.2, 0) is 11.3 Å². The number of halogens is 1. The minimum Gasteiger partial charge on any atom is -0.378 e. The summed E-state index contributed by atoms with van der Waals surface area (Å²) in [5.41, 5.74) is 8.03. The van der Waals surface area contributed by atoms with Gasteiger partial charge in [-0.1, -0.05) is 17.7 Å². The summed E-state index contributed by atoms with van der Waals surface area (Å²) in [6.07, 6.45) is 2.56. The molecule has 0 atom stereocenters. The number of benzene rings is 1. The predicted octanol–water partition coefficient (Wildman–Crippen LogP) is 2.80. The summed E-state index contributed by atoms with van der Waals surface area (Å²) in [6, 6.07) is 6.00. The largest absolute Gasteiger partial charge is 0.378 e. The van der Waals surface area contributed by atoms with Gasteiger partial charge in [0, 0.05) is 42.5 Å². The zero-order chi connectivity index (χ0) is 13.0. The fraction of sp³-hybridized carbons (Fsp3) is 0.571. The monoisotopic (exact) mass is 268 g/mol. The average Bonchev–Trinajstić information content (AvgIpc) is 2.40. The van der Waals surface area contributed by atoms with Gasteiger partial charge < -0.3 is 15.4 Å². The third kappa shape index (κ3) is 2.97. The van der Waals surface area contributed by atoms with Gasteiger partial charge in [0.1, 0.15) is 0 Å². The van der Waals surface area contributed by atoms with E-state index in [9.17, 15) is 0 Å². The Bertz CT molecular complexity index is 389. The van der Waals surface area contributed by atoms with E-state index in [1.807, 2.05) is 12.1 Å². The highest BCUT2D eigenvalue weighted by Crippen LogP contribution is 2.29. The van der Waals surface area contributed by atoms with Gasteiger partial charge in [0.2, 0.25) is 0 Å². The number of nitrogens with zero attached hydrogens (tertiary/aromatic N) is 1. The Morgan fingerprint density at radius 1 is 1.39 bits per heavy atom. The standard InChI is InChI=1S/C14H21ClN2O/c1-2-18-11-6-8-17(9-7-11)14-5-3-4-13(15)12(14)10-16/h3-5,11H,2,6-10,16H2,1H3. The first kappa shape index (κ1) is 13.7. The number of anilines is 1. The summed E-state index contributed by atoms with van der Waals surface area (Å²) < 4.78 is 5.67. The van der Waals surface area contributed by atoms with E-state index in [2.05, 4.69) is 17.9 Å². The highest BCUT2D eigenvalue weighted by Gasteiger charge is 2.21. The number of hydrogen-bond acceptors (Lipinski definition) is 3. The summed E-state index contributed by atoms with van der Waals surface area (Å²) in [7, 11) is 0. The lowest BCUT2D eigenvalue weighted by atomic mass is 10.0. The van der Waals surface area contributed by atoms with E-state index in [1.54, 1.807) is 0 Å². The van der Waals surface area contributed by atoms with Crippen molar-refractivity contribution in [2.45, 2.75) is 32.4 Å². The fourth-order valence-corrected chi connectivity index (χ4v) is 2.79. The van der Waals surface area contributed by atoms with Crippen LogP contribution in [0.25, 0.3) is 0 Å². The zero-order valence-corrected chi connectivity index (χ0v) is 11.6. The molecule has 2 rings (SSSR count). The highest BCUT2D eigenvalue weighted by molar-refractivity contribution is 6.31. The van der Waals surface area contributed by atoms with Gasteiger partial charge in [-0.2, -0.15) is 0 Å². The van der Waals surface area contributed by atoms with Crippen molar-refractivity contribution in [3.05, 3.63) is 28.8 Å². The third-order valence-corrected chi connectivity index (χ3v) is 3.84. The fourth-order valence-electron chi connectivity index (χ4n) is 2.54. The molecule has 0 unspecified atom stereocenters. The van der Waals surface area contributed by atoms with Crippen molar-refractivity contribution in [2.24, 2.45) is 5.73 Å². The SMILES string of the molecule is CCOC1CCN(c2cccc(Cl)c2CN)CC1. The van der Waals surface area contributed by atoms with Crippen LogP contribution in [0, 0.1) is 0 Å². The van der Waals surface area contributed by atoms with Crippen LogP contribution in [-0.4, -0.2) is 25.8 Å². The first-order valence-corrected chi connectivity index (χ1v) is 6.98. The number of piperidine rings is 1. The molecule has 0 spiro atoms. The van der Waals surface area contributed by atoms with Crippen molar-refractivity contribution in [2.75, 3.05) is 24.6 Å². The van der Waals surface area contributed by atoms with E-state index >= 15 is 0 Å². The summed E-state index contributed by atoms with van der Waals surface area (Å²) in [5.74, 6) is 0. The Morgan fingerprint density at radius 2 is 2.11 bits per heavy atom. The molecule has 0 radical (unpaired) electrons. The van der Waals surface area contributed by atoms with Crippen molar-refractivity contribution in [3.63, 3.8) is 0 Å². The lowest BCUT2D eigenvalue weighted by molar-refractivity contribution is 0.0459. The number of ether oxygens (including phenoxy) is 1. The molecule has 0 saturated carbocycles. The first-order valence-electron chi connectivity index (χ1n) is 6.60. The first-order chi connectivity index (χ1) is 8.76. The van der Waals surface area contributed by atoms with Crippen molar-refractivity contribution < 1.29 is 4.74 Å².